The Bertz CT molecular complexity index is 945. The molecule has 1 heterocycles. The number of aromatic amines is 1. The number of halogens is 2. The van der Waals surface area contributed by atoms with Crippen molar-refractivity contribution in [2.24, 2.45) is 5.92 Å². The third-order valence-electron chi connectivity index (χ3n) is 3.77. The van der Waals surface area contributed by atoms with Crippen molar-refractivity contribution in [3.8, 4) is 11.1 Å². The summed E-state index contributed by atoms with van der Waals surface area (Å²) in [5.74, 6) is 0.392. The van der Waals surface area contributed by atoms with Gasteiger partial charge in [-0.25, -0.2) is 5.10 Å². The van der Waals surface area contributed by atoms with Crippen molar-refractivity contribution in [3.63, 3.8) is 0 Å². The van der Waals surface area contributed by atoms with Crippen molar-refractivity contribution in [2.45, 2.75) is 13.8 Å². The number of aromatic nitrogens is 3. The van der Waals surface area contributed by atoms with Crippen molar-refractivity contribution in [1.29, 1.82) is 0 Å². The van der Waals surface area contributed by atoms with Gasteiger partial charge in [0.25, 0.3) is 0 Å². The highest BCUT2D eigenvalue weighted by Gasteiger charge is 2.13. The SMILES string of the molecule is CC(C)C(=O)Nc1ccc(-c2c(Cl)cc(Nc3n[nH]c(N)n3)cc2Cl)cc1. The van der Waals surface area contributed by atoms with E-state index in [-0.39, 0.29) is 17.8 Å². The van der Waals surface area contributed by atoms with E-state index in [1.807, 2.05) is 38.1 Å². The van der Waals surface area contributed by atoms with Gasteiger partial charge in [0.1, 0.15) is 0 Å². The molecule has 1 aromatic heterocycles. The molecule has 0 atom stereocenters. The van der Waals surface area contributed by atoms with Crippen molar-refractivity contribution < 1.29 is 4.79 Å². The van der Waals surface area contributed by atoms with Crippen LogP contribution in [0.4, 0.5) is 23.3 Å². The Morgan fingerprint density at radius 2 is 1.74 bits per heavy atom. The minimum Gasteiger partial charge on any atom is -0.368 e. The zero-order chi connectivity index (χ0) is 19.6. The summed E-state index contributed by atoms with van der Waals surface area (Å²) >= 11 is 12.9. The van der Waals surface area contributed by atoms with E-state index in [4.69, 9.17) is 28.9 Å². The lowest BCUT2D eigenvalue weighted by atomic mass is 10.0. The van der Waals surface area contributed by atoms with E-state index in [2.05, 4.69) is 25.8 Å². The number of nitrogens with two attached hydrogens (primary N) is 1. The van der Waals surface area contributed by atoms with Crippen molar-refractivity contribution >= 4 is 52.4 Å². The molecule has 7 nitrogen and oxygen atoms in total. The van der Waals surface area contributed by atoms with Gasteiger partial charge >= 0.3 is 0 Å². The second-order valence-corrected chi connectivity index (χ2v) is 7.02. The standard InChI is InChI=1S/C18H18Cl2N6O/c1-9(2)16(27)22-11-5-3-10(4-6-11)15-13(19)7-12(8-14(15)20)23-18-24-17(21)25-26-18/h3-9H,1-2H3,(H,22,27)(H4,21,23,24,25,26). The number of hydrogen-bond donors (Lipinski definition) is 4. The van der Waals surface area contributed by atoms with E-state index >= 15 is 0 Å². The van der Waals surface area contributed by atoms with Gasteiger partial charge in [-0.3, -0.25) is 4.79 Å². The van der Waals surface area contributed by atoms with Crippen molar-refractivity contribution in [3.05, 3.63) is 46.4 Å². The molecule has 1 amide bonds. The van der Waals surface area contributed by atoms with Gasteiger partial charge < -0.3 is 16.4 Å². The number of benzene rings is 2. The lowest BCUT2D eigenvalue weighted by Gasteiger charge is -2.12. The second-order valence-electron chi connectivity index (χ2n) is 6.21. The molecule has 3 aromatic rings. The van der Waals surface area contributed by atoms with E-state index in [9.17, 15) is 4.79 Å². The Morgan fingerprint density at radius 3 is 2.26 bits per heavy atom. The van der Waals surface area contributed by atoms with Gasteiger partial charge in [0.15, 0.2) is 0 Å². The summed E-state index contributed by atoms with van der Waals surface area (Å²) in [5.41, 5.74) is 8.38. The van der Waals surface area contributed by atoms with Crippen LogP contribution in [0, 0.1) is 5.92 Å². The number of nitrogen functional groups attached to an aromatic ring is 1. The quantitative estimate of drug-likeness (QED) is 0.492. The molecule has 140 valence electrons. The number of rotatable bonds is 5. The number of carbonyl (C=O) groups excluding carboxylic acids is 1. The van der Waals surface area contributed by atoms with Gasteiger partial charge in [-0.1, -0.05) is 49.2 Å². The highest BCUT2D eigenvalue weighted by atomic mass is 35.5. The molecule has 5 N–H and O–H groups in total. The molecule has 0 aliphatic heterocycles. The molecule has 0 unspecified atom stereocenters. The number of H-pyrrole nitrogens is 1. The number of nitrogens with zero attached hydrogens (tertiary/aromatic N) is 2. The summed E-state index contributed by atoms with van der Waals surface area (Å²) in [5, 5.41) is 13.2. The molecular formula is C18H18Cl2N6O. The molecule has 0 radical (unpaired) electrons. The number of amides is 1. The second kappa shape index (κ2) is 7.85. The number of hydrogen-bond acceptors (Lipinski definition) is 5. The van der Waals surface area contributed by atoms with Crippen LogP contribution >= 0.6 is 23.2 Å². The van der Waals surface area contributed by atoms with Crippen LogP contribution in [-0.4, -0.2) is 21.1 Å². The summed E-state index contributed by atoms with van der Waals surface area (Å²) < 4.78 is 0. The third kappa shape index (κ3) is 4.50. The molecule has 0 saturated carbocycles. The molecule has 0 bridgehead atoms. The molecular weight excluding hydrogens is 387 g/mol. The average molecular weight is 405 g/mol. The lowest BCUT2D eigenvalue weighted by Crippen LogP contribution is -2.17. The van der Waals surface area contributed by atoms with Crippen LogP contribution in [0.1, 0.15) is 13.8 Å². The van der Waals surface area contributed by atoms with E-state index in [0.29, 0.717) is 32.9 Å². The predicted octanol–water partition coefficient (Wildman–Crippen LogP) is 4.70. The minimum absolute atomic E-state index is 0.0399. The molecule has 2 aromatic carbocycles. The van der Waals surface area contributed by atoms with Crippen LogP contribution in [0.3, 0.4) is 0 Å². The first-order chi connectivity index (χ1) is 12.8. The van der Waals surface area contributed by atoms with Gasteiger partial charge in [0.05, 0.1) is 10.0 Å². The smallest absolute Gasteiger partial charge is 0.248 e. The fraction of sp³-hybridized carbons (Fsp3) is 0.167. The highest BCUT2D eigenvalue weighted by Crippen LogP contribution is 2.38. The van der Waals surface area contributed by atoms with Crippen LogP contribution in [0.25, 0.3) is 11.1 Å². The first-order valence-corrected chi connectivity index (χ1v) is 8.94. The average Bonchev–Trinajstić information content (AvgIpc) is 3.00. The summed E-state index contributed by atoms with van der Waals surface area (Å²) in [6.07, 6.45) is 0. The maximum atomic E-state index is 11.8. The van der Waals surface area contributed by atoms with Gasteiger partial charge in [-0.2, -0.15) is 4.98 Å². The first-order valence-electron chi connectivity index (χ1n) is 8.18. The normalized spacial score (nSPS) is 10.9. The Kier molecular flexibility index (Phi) is 5.53. The molecule has 3 rings (SSSR count). The first kappa shape index (κ1) is 19.0. The summed E-state index contributed by atoms with van der Waals surface area (Å²) in [6, 6.07) is 10.8. The number of nitrogens with one attached hydrogen (secondary N) is 3. The predicted molar refractivity (Wildman–Crippen MR) is 109 cm³/mol. The number of carbonyl (C=O) groups is 1. The molecule has 9 heteroatoms. The van der Waals surface area contributed by atoms with Gasteiger partial charge in [-0.05, 0) is 29.8 Å². The Balaban J connectivity index is 1.83. The largest absolute Gasteiger partial charge is 0.368 e. The Labute approximate surface area is 166 Å². The topological polar surface area (TPSA) is 109 Å². The summed E-state index contributed by atoms with van der Waals surface area (Å²) in [7, 11) is 0. The monoisotopic (exact) mass is 404 g/mol. The van der Waals surface area contributed by atoms with E-state index in [1.165, 1.54) is 0 Å². The van der Waals surface area contributed by atoms with Crippen LogP contribution in [0.2, 0.25) is 10.0 Å². The zero-order valence-corrected chi connectivity index (χ0v) is 16.2. The summed E-state index contributed by atoms with van der Waals surface area (Å²) in [6.45, 7) is 3.68. The zero-order valence-electron chi connectivity index (χ0n) is 14.7. The molecule has 0 saturated heterocycles. The van der Waals surface area contributed by atoms with Crippen molar-refractivity contribution in [2.75, 3.05) is 16.4 Å². The minimum atomic E-state index is -0.0898. The maximum Gasteiger partial charge on any atom is 0.248 e. The maximum absolute atomic E-state index is 11.8. The fourth-order valence-corrected chi connectivity index (χ4v) is 3.09. The summed E-state index contributed by atoms with van der Waals surface area (Å²) in [4.78, 5) is 15.8. The van der Waals surface area contributed by atoms with E-state index < -0.39 is 0 Å². The van der Waals surface area contributed by atoms with Gasteiger partial charge in [0.2, 0.25) is 17.8 Å². The molecule has 0 fully saturated rings. The Morgan fingerprint density at radius 1 is 1.11 bits per heavy atom. The lowest BCUT2D eigenvalue weighted by molar-refractivity contribution is -0.118. The van der Waals surface area contributed by atoms with E-state index in [1.54, 1.807) is 12.1 Å². The van der Waals surface area contributed by atoms with Crippen LogP contribution < -0.4 is 16.4 Å². The number of anilines is 4. The highest BCUT2D eigenvalue weighted by molar-refractivity contribution is 6.39. The van der Waals surface area contributed by atoms with Crippen molar-refractivity contribution in [1.82, 2.24) is 15.2 Å². The van der Waals surface area contributed by atoms with E-state index in [0.717, 1.165) is 5.56 Å². The van der Waals surface area contributed by atoms with Gasteiger partial charge in [0, 0.05) is 22.9 Å². The third-order valence-corrected chi connectivity index (χ3v) is 4.36. The molecule has 0 aliphatic carbocycles. The fourth-order valence-electron chi connectivity index (χ4n) is 2.39. The molecule has 0 spiro atoms. The van der Waals surface area contributed by atoms with Crippen LogP contribution in [0.5, 0.6) is 0 Å². The Hall–Kier alpha value is -2.77. The van der Waals surface area contributed by atoms with Crippen LogP contribution in [-0.2, 0) is 4.79 Å². The van der Waals surface area contributed by atoms with Crippen LogP contribution in [0.15, 0.2) is 36.4 Å². The van der Waals surface area contributed by atoms with Gasteiger partial charge in [-0.15, -0.1) is 5.10 Å². The molecule has 27 heavy (non-hydrogen) atoms. The molecule has 0 aliphatic rings.